The average molecular weight is 454 g/mol. The van der Waals surface area contributed by atoms with Gasteiger partial charge in [-0.15, -0.1) is 0 Å². The summed E-state index contributed by atoms with van der Waals surface area (Å²) >= 11 is 1.30. The SMILES string of the molecule is CC1=C(OCCN2CCN(C3=c4ccc(C(F)(F)F)cc4=NCC3)CC2)C(C)SC1=O. The number of fused-ring (bicyclic) bond motifs is 1. The quantitative estimate of drug-likeness (QED) is 0.685. The smallest absolute Gasteiger partial charge is 0.416 e. The number of piperazine rings is 1. The number of halogens is 3. The number of alkyl halides is 3. The predicted octanol–water partition coefficient (Wildman–Crippen LogP) is 2.41. The number of benzene rings is 1. The number of carbonyl (C=O) groups is 1. The van der Waals surface area contributed by atoms with E-state index in [4.69, 9.17) is 4.74 Å². The topological polar surface area (TPSA) is 45.1 Å². The van der Waals surface area contributed by atoms with E-state index in [0.717, 1.165) is 68.0 Å². The van der Waals surface area contributed by atoms with Crippen LogP contribution in [0.3, 0.4) is 0 Å². The van der Waals surface area contributed by atoms with Gasteiger partial charge in [0, 0.05) is 62.2 Å². The monoisotopic (exact) mass is 453 g/mol. The minimum absolute atomic E-state index is 0.0791. The van der Waals surface area contributed by atoms with E-state index in [2.05, 4.69) is 14.8 Å². The van der Waals surface area contributed by atoms with Crippen LogP contribution in [0.2, 0.25) is 0 Å². The van der Waals surface area contributed by atoms with Crippen LogP contribution in [0, 0.1) is 0 Å². The van der Waals surface area contributed by atoms with Gasteiger partial charge in [0.25, 0.3) is 0 Å². The summed E-state index contributed by atoms with van der Waals surface area (Å²) in [5.41, 5.74) is 1.16. The standard InChI is InChI=1S/C22H26F3N3O2S/c1-14-20(15(2)31-21(14)29)30-12-11-27-7-9-28(10-8-27)19-5-6-26-18-13-16(22(23,24)25)3-4-17(18)19/h3-4,13,15H,5-12H2,1-2H3. The fourth-order valence-electron chi connectivity index (χ4n) is 4.29. The molecule has 1 fully saturated rings. The maximum atomic E-state index is 13.0. The molecule has 3 heterocycles. The van der Waals surface area contributed by atoms with E-state index in [1.54, 1.807) is 6.07 Å². The molecule has 4 rings (SSSR count). The van der Waals surface area contributed by atoms with Crippen LogP contribution in [0.25, 0.3) is 5.70 Å². The first-order chi connectivity index (χ1) is 14.7. The Labute approximate surface area is 183 Å². The van der Waals surface area contributed by atoms with E-state index < -0.39 is 11.7 Å². The zero-order valence-corrected chi connectivity index (χ0v) is 18.5. The van der Waals surface area contributed by atoms with Gasteiger partial charge in [0.15, 0.2) is 0 Å². The molecule has 0 amide bonds. The molecule has 0 radical (unpaired) electrons. The highest BCUT2D eigenvalue weighted by molar-refractivity contribution is 8.15. The fraction of sp³-hybridized carbons (Fsp3) is 0.545. The molecule has 0 bridgehead atoms. The Balaban J connectivity index is 1.36. The van der Waals surface area contributed by atoms with Crippen LogP contribution < -0.4 is 10.6 Å². The van der Waals surface area contributed by atoms with Crippen molar-refractivity contribution in [1.29, 1.82) is 0 Å². The third-order valence-electron chi connectivity index (χ3n) is 6.01. The lowest BCUT2D eigenvalue weighted by atomic mass is 10.1. The second kappa shape index (κ2) is 8.86. The first kappa shape index (κ1) is 22.2. The zero-order valence-electron chi connectivity index (χ0n) is 17.7. The van der Waals surface area contributed by atoms with Crippen molar-refractivity contribution in [3.63, 3.8) is 0 Å². The highest BCUT2D eigenvalue weighted by Gasteiger charge is 2.31. The molecule has 0 saturated carbocycles. The lowest BCUT2D eigenvalue weighted by Crippen LogP contribution is -2.49. The van der Waals surface area contributed by atoms with Gasteiger partial charge in [-0.05, 0) is 26.0 Å². The van der Waals surface area contributed by atoms with Crippen LogP contribution in [-0.2, 0) is 15.7 Å². The molecule has 1 atom stereocenters. The van der Waals surface area contributed by atoms with Crippen molar-refractivity contribution in [3.8, 4) is 0 Å². The molecule has 168 valence electrons. The first-order valence-corrected chi connectivity index (χ1v) is 11.4. The number of rotatable bonds is 5. The van der Waals surface area contributed by atoms with E-state index >= 15 is 0 Å². The Kier molecular flexibility index (Phi) is 6.35. The molecule has 1 aromatic carbocycles. The Morgan fingerprint density at radius 2 is 1.97 bits per heavy atom. The maximum absolute atomic E-state index is 13.0. The van der Waals surface area contributed by atoms with Crippen molar-refractivity contribution in [3.05, 3.63) is 45.7 Å². The molecule has 1 saturated heterocycles. The largest absolute Gasteiger partial charge is 0.495 e. The molecule has 0 aromatic heterocycles. The lowest BCUT2D eigenvalue weighted by Gasteiger charge is -2.38. The summed E-state index contributed by atoms with van der Waals surface area (Å²) in [5, 5.41) is 1.43. The van der Waals surface area contributed by atoms with Crippen molar-refractivity contribution in [1.82, 2.24) is 9.80 Å². The zero-order chi connectivity index (χ0) is 22.2. The number of hydrogen-bond donors (Lipinski definition) is 0. The molecule has 31 heavy (non-hydrogen) atoms. The van der Waals surface area contributed by atoms with E-state index in [9.17, 15) is 18.0 Å². The second-order valence-corrected chi connectivity index (χ2v) is 9.34. The minimum Gasteiger partial charge on any atom is -0.495 e. The molecule has 5 nitrogen and oxygen atoms in total. The molecule has 3 aliphatic heterocycles. The van der Waals surface area contributed by atoms with Gasteiger partial charge in [-0.2, -0.15) is 13.2 Å². The van der Waals surface area contributed by atoms with Crippen LogP contribution in [0.15, 0.2) is 34.5 Å². The first-order valence-electron chi connectivity index (χ1n) is 10.5. The lowest BCUT2D eigenvalue weighted by molar-refractivity contribution is -0.137. The van der Waals surface area contributed by atoms with Gasteiger partial charge in [-0.3, -0.25) is 14.7 Å². The van der Waals surface area contributed by atoms with Gasteiger partial charge in [-0.1, -0.05) is 17.8 Å². The van der Waals surface area contributed by atoms with Gasteiger partial charge in [0.05, 0.1) is 16.2 Å². The van der Waals surface area contributed by atoms with Crippen LogP contribution in [0.5, 0.6) is 0 Å². The van der Waals surface area contributed by atoms with Crippen molar-refractivity contribution < 1.29 is 22.7 Å². The summed E-state index contributed by atoms with van der Waals surface area (Å²) in [6.45, 7) is 9.01. The van der Waals surface area contributed by atoms with Crippen LogP contribution in [-0.4, -0.2) is 66.0 Å². The Morgan fingerprint density at radius 1 is 1.23 bits per heavy atom. The van der Waals surface area contributed by atoms with E-state index in [-0.39, 0.29) is 10.4 Å². The van der Waals surface area contributed by atoms with E-state index in [1.165, 1.54) is 11.8 Å². The van der Waals surface area contributed by atoms with Gasteiger partial charge < -0.3 is 9.64 Å². The third kappa shape index (κ3) is 4.77. The molecule has 0 spiro atoms. The van der Waals surface area contributed by atoms with Crippen LogP contribution in [0.1, 0.15) is 25.8 Å². The van der Waals surface area contributed by atoms with Crippen molar-refractivity contribution in [2.24, 2.45) is 4.99 Å². The van der Waals surface area contributed by atoms with Gasteiger partial charge >= 0.3 is 6.18 Å². The normalized spacial score (nSPS) is 22.6. The summed E-state index contributed by atoms with van der Waals surface area (Å²) in [5.74, 6) is 0.796. The fourth-order valence-corrected chi connectivity index (χ4v) is 5.24. The highest BCUT2D eigenvalue weighted by atomic mass is 32.2. The van der Waals surface area contributed by atoms with Gasteiger partial charge in [0.1, 0.15) is 12.4 Å². The molecule has 3 aliphatic rings. The minimum atomic E-state index is -4.35. The molecule has 0 N–H and O–H groups in total. The second-order valence-electron chi connectivity index (χ2n) is 8.02. The molecule has 9 heteroatoms. The van der Waals surface area contributed by atoms with Crippen molar-refractivity contribution >= 4 is 22.6 Å². The number of nitrogens with zero attached hydrogens (tertiary/aromatic N) is 3. The maximum Gasteiger partial charge on any atom is 0.416 e. The molecular formula is C22H26F3N3O2S. The summed E-state index contributed by atoms with van der Waals surface area (Å²) in [7, 11) is 0. The summed E-state index contributed by atoms with van der Waals surface area (Å²) in [4.78, 5) is 20.7. The molecular weight excluding hydrogens is 427 g/mol. The van der Waals surface area contributed by atoms with Crippen molar-refractivity contribution in [2.45, 2.75) is 31.7 Å². The van der Waals surface area contributed by atoms with E-state index in [0.29, 0.717) is 24.1 Å². The summed E-state index contributed by atoms with van der Waals surface area (Å²) in [6.07, 6.45) is -3.61. The highest BCUT2D eigenvalue weighted by Crippen LogP contribution is 2.34. The Bertz CT molecular complexity index is 1010. The van der Waals surface area contributed by atoms with Gasteiger partial charge in [-0.25, -0.2) is 0 Å². The number of hydrogen-bond acceptors (Lipinski definition) is 6. The predicted molar refractivity (Wildman–Crippen MR) is 114 cm³/mol. The number of thioether (sulfide) groups is 1. The number of ether oxygens (including phenoxy) is 1. The average Bonchev–Trinajstić information content (AvgIpc) is 2.98. The molecule has 0 aliphatic carbocycles. The molecule has 1 aromatic rings. The van der Waals surface area contributed by atoms with Crippen molar-refractivity contribution in [2.75, 3.05) is 45.9 Å². The Morgan fingerprint density at radius 3 is 2.61 bits per heavy atom. The van der Waals surface area contributed by atoms with Crippen LogP contribution >= 0.6 is 11.8 Å². The number of carbonyl (C=O) groups excluding carboxylic acids is 1. The Hall–Kier alpha value is -2.00. The summed E-state index contributed by atoms with van der Waals surface area (Å²) < 4.78 is 45.0. The summed E-state index contributed by atoms with van der Waals surface area (Å²) in [6, 6.07) is 3.87. The van der Waals surface area contributed by atoms with Gasteiger partial charge in [0.2, 0.25) is 5.12 Å². The van der Waals surface area contributed by atoms with E-state index in [1.807, 2.05) is 13.8 Å². The van der Waals surface area contributed by atoms with Crippen LogP contribution in [0.4, 0.5) is 13.2 Å². The molecule has 1 unspecified atom stereocenters. The third-order valence-corrected chi connectivity index (χ3v) is 7.10.